The van der Waals surface area contributed by atoms with Crippen LogP contribution in [0.15, 0.2) is 28.7 Å². The zero-order valence-electron chi connectivity index (χ0n) is 10.6. The van der Waals surface area contributed by atoms with Crippen molar-refractivity contribution in [3.63, 3.8) is 0 Å². The topological polar surface area (TPSA) is 35.2 Å². The van der Waals surface area contributed by atoms with Crippen LogP contribution in [0.2, 0.25) is 0 Å². The molecule has 3 heteroatoms. The molecule has 1 aromatic rings. The van der Waals surface area contributed by atoms with Crippen LogP contribution < -0.4 is 10.5 Å². The van der Waals surface area contributed by atoms with Crippen LogP contribution in [0.1, 0.15) is 25.7 Å². The fraction of sp³-hybridized carbons (Fsp3) is 0.600. The Hall–Kier alpha value is -0.540. The maximum absolute atomic E-state index is 5.99. The van der Waals surface area contributed by atoms with Crippen molar-refractivity contribution in [1.82, 2.24) is 0 Å². The molecule has 0 radical (unpaired) electrons. The molecule has 0 saturated heterocycles. The molecule has 3 rings (SSSR count). The smallest absolute Gasteiger partial charge is 0.119 e. The lowest BCUT2D eigenvalue weighted by molar-refractivity contribution is 0.189. The van der Waals surface area contributed by atoms with E-state index in [2.05, 4.69) is 15.9 Å². The Kier molecular flexibility index (Phi) is 3.37. The fourth-order valence-corrected chi connectivity index (χ4v) is 3.66. The summed E-state index contributed by atoms with van der Waals surface area (Å²) in [7, 11) is 0. The van der Waals surface area contributed by atoms with Crippen LogP contribution in [0.3, 0.4) is 0 Å². The Labute approximate surface area is 117 Å². The molecule has 0 amide bonds. The van der Waals surface area contributed by atoms with Gasteiger partial charge in [-0.15, -0.1) is 0 Å². The Bertz CT molecular complexity index is 407. The van der Waals surface area contributed by atoms with Gasteiger partial charge in [0.2, 0.25) is 0 Å². The van der Waals surface area contributed by atoms with Gasteiger partial charge < -0.3 is 10.5 Å². The average Bonchev–Trinajstić information content (AvgIpc) is 3.00. The molecule has 2 aliphatic carbocycles. The lowest BCUT2D eigenvalue weighted by atomic mass is 9.80. The zero-order valence-corrected chi connectivity index (χ0v) is 12.2. The van der Waals surface area contributed by atoms with Gasteiger partial charge in [-0.1, -0.05) is 15.9 Å². The highest BCUT2D eigenvalue weighted by Crippen LogP contribution is 2.60. The first-order valence-electron chi connectivity index (χ1n) is 6.79. The second kappa shape index (κ2) is 4.86. The van der Waals surface area contributed by atoms with E-state index in [0.29, 0.717) is 5.41 Å². The second-order valence-corrected chi connectivity index (χ2v) is 6.84. The molecule has 2 N–H and O–H groups in total. The van der Waals surface area contributed by atoms with Crippen molar-refractivity contribution >= 4 is 15.9 Å². The van der Waals surface area contributed by atoms with Crippen LogP contribution >= 0.6 is 15.9 Å². The van der Waals surface area contributed by atoms with E-state index in [1.165, 1.54) is 19.3 Å². The summed E-state index contributed by atoms with van der Waals surface area (Å²) in [5.41, 5.74) is 6.37. The van der Waals surface area contributed by atoms with Gasteiger partial charge in [0.15, 0.2) is 0 Å². The van der Waals surface area contributed by atoms with Crippen LogP contribution in [0.5, 0.6) is 5.75 Å². The third-order valence-electron chi connectivity index (χ3n) is 4.61. The normalized spacial score (nSPS) is 33.2. The van der Waals surface area contributed by atoms with Crippen molar-refractivity contribution in [2.75, 3.05) is 13.2 Å². The third-order valence-corrected chi connectivity index (χ3v) is 5.14. The monoisotopic (exact) mass is 309 g/mol. The van der Waals surface area contributed by atoms with Gasteiger partial charge in [-0.2, -0.15) is 0 Å². The van der Waals surface area contributed by atoms with E-state index in [4.69, 9.17) is 10.5 Å². The minimum Gasteiger partial charge on any atom is -0.494 e. The van der Waals surface area contributed by atoms with Crippen molar-refractivity contribution in [3.05, 3.63) is 28.7 Å². The molecular weight excluding hydrogens is 290 g/mol. The third kappa shape index (κ3) is 2.57. The molecule has 0 aromatic heterocycles. The lowest BCUT2D eigenvalue weighted by Crippen LogP contribution is -2.30. The lowest BCUT2D eigenvalue weighted by Gasteiger charge is -2.29. The first-order chi connectivity index (χ1) is 8.71. The molecule has 0 spiro atoms. The molecule has 2 fully saturated rings. The van der Waals surface area contributed by atoms with Gasteiger partial charge in [0.25, 0.3) is 0 Å². The highest BCUT2D eigenvalue weighted by atomic mass is 79.9. The first kappa shape index (κ1) is 12.5. The molecule has 0 bridgehead atoms. The molecule has 0 aliphatic heterocycles. The predicted octanol–water partition coefficient (Wildman–Crippen LogP) is 3.59. The molecule has 0 heterocycles. The average molecular weight is 310 g/mol. The Balaban J connectivity index is 1.50. The van der Waals surface area contributed by atoms with E-state index in [0.717, 1.165) is 41.6 Å². The second-order valence-electron chi connectivity index (χ2n) is 5.92. The number of ether oxygens (including phenoxy) is 1. The highest BCUT2D eigenvalue weighted by molar-refractivity contribution is 9.10. The van der Waals surface area contributed by atoms with Crippen molar-refractivity contribution in [3.8, 4) is 5.75 Å². The number of rotatable bonds is 5. The summed E-state index contributed by atoms with van der Waals surface area (Å²) in [4.78, 5) is 0. The minimum atomic E-state index is 0.378. The fourth-order valence-electron chi connectivity index (χ4n) is 3.40. The zero-order chi connectivity index (χ0) is 12.6. The number of fused-ring (bicyclic) bond motifs is 1. The summed E-state index contributed by atoms with van der Waals surface area (Å²) in [5, 5.41) is 0. The standard InChI is InChI=1S/C15H20BrNO/c16-13-1-3-14(4-2-13)18-6-5-15(10-17)8-11-7-12(11)9-15/h1-4,11-12H,5-10,17H2. The van der Waals surface area contributed by atoms with Gasteiger partial charge >= 0.3 is 0 Å². The van der Waals surface area contributed by atoms with Crippen LogP contribution in [0.4, 0.5) is 0 Å². The van der Waals surface area contributed by atoms with Gasteiger partial charge in [-0.25, -0.2) is 0 Å². The Morgan fingerprint density at radius 2 is 1.89 bits per heavy atom. The summed E-state index contributed by atoms with van der Waals surface area (Å²) >= 11 is 3.43. The molecule has 2 atom stereocenters. The van der Waals surface area contributed by atoms with E-state index in [-0.39, 0.29) is 0 Å². The molecule has 2 saturated carbocycles. The maximum Gasteiger partial charge on any atom is 0.119 e. The summed E-state index contributed by atoms with van der Waals surface area (Å²) in [6.45, 7) is 1.61. The van der Waals surface area contributed by atoms with Gasteiger partial charge in [-0.3, -0.25) is 0 Å². The first-order valence-corrected chi connectivity index (χ1v) is 7.58. The van der Waals surface area contributed by atoms with Crippen LogP contribution in [-0.4, -0.2) is 13.2 Å². The number of hydrogen-bond donors (Lipinski definition) is 1. The molecule has 2 aliphatic rings. The van der Waals surface area contributed by atoms with E-state index in [1.54, 1.807) is 0 Å². The molecule has 1 aromatic carbocycles. The number of benzene rings is 1. The largest absolute Gasteiger partial charge is 0.494 e. The molecule has 2 nitrogen and oxygen atoms in total. The highest BCUT2D eigenvalue weighted by Gasteiger charge is 2.52. The van der Waals surface area contributed by atoms with Gasteiger partial charge in [0.05, 0.1) is 6.61 Å². The summed E-state index contributed by atoms with van der Waals surface area (Å²) in [6.07, 6.45) is 5.22. The maximum atomic E-state index is 5.99. The molecule has 98 valence electrons. The quantitative estimate of drug-likeness (QED) is 0.902. The van der Waals surface area contributed by atoms with Crippen molar-refractivity contribution in [1.29, 1.82) is 0 Å². The Morgan fingerprint density at radius 3 is 2.50 bits per heavy atom. The van der Waals surface area contributed by atoms with Crippen molar-refractivity contribution in [2.24, 2.45) is 23.0 Å². The van der Waals surface area contributed by atoms with Gasteiger partial charge in [0, 0.05) is 4.47 Å². The number of hydrogen-bond acceptors (Lipinski definition) is 2. The number of nitrogens with two attached hydrogens (primary N) is 1. The number of halogens is 1. The van der Waals surface area contributed by atoms with E-state index in [9.17, 15) is 0 Å². The predicted molar refractivity (Wildman–Crippen MR) is 76.6 cm³/mol. The summed E-state index contributed by atoms with van der Waals surface area (Å²) < 4.78 is 6.91. The summed E-state index contributed by atoms with van der Waals surface area (Å²) in [5.74, 6) is 2.93. The molecular formula is C15H20BrNO. The SMILES string of the molecule is NCC1(CCOc2ccc(Br)cc2)CC2CC2C1. The van der Waals surface area contributed by atoms with Crippen LogP contribution in [0.25, 0.3) is 0 Å². The van der Waals surface area contributed by atoms with Crippen molar-refractivity contribution in [2.45, 2.75) is 25.7 Å². The minimum absolute atomic E-state index is 0.378. The van der Waals surface area contributed by atoms with Gasteiger partial charge in [-0.05, 0) is 73.7 Å². The van der Waals surface area contributed by atoms with Crippen LogP contribution in [-0.2, 0) is 0 Å². The summed E-state index contributed by atoms with van der Waals surface area (Å²) in [6, 6.07) is 8.04. The van der Waals surface area contributed by atoms with E-state index >= 15 is 0 Å². The van der Waals surface area contributed by atoms with Crippen LogP contribution in [0, 0.1) is 17.3 Å². The van der Waals surface area contributed by atoms with E-state index in [1.807, 2.05) is 24.3 Å². The Morgan fingerprint density at radius 1 is 1.22 bits per heavy atom. The molecule has 2 unspecified atom stereocenters. The molecule has 18 heavy (non-hydrogen) atoms. The van der Waals surface area contributed by atoms with E-state index < -0.39 is 0 Å². The van der Waals surface area contributed by atoms with Gasteiger partial charge in [0.1, 0.15) is 5.75 Å². The van der Waals surface area contributed by atoms with Crippen molar-refractivity contribution < 1.29 is 4.74 Å².